The van der Waals surface area contributed by atoms with Gasteiger partial charge in [-0.05, 0) is 6.92 Å². The summed E-state index contributed by atoms with van der Waals surface area (Å²) in [5.74, 6) is -0.00664. The Balaban J connectivity index is 2.70. The molecule has 1 fully saturated rings. The average Bonchev–Trinajstić information content (AvgIpc) is 2.27. The van der Waals surface area contributed by atoms with Crippen LogP contribution in [0.1, 0.15) is 6.92 Å². The molecule has 0 aliphatic carbocycles. The molecule has 1 heterocycles. The molecule has 0 aromatic rings. The monoisotopic (exact) mass is 230 g/mol. The van der Waals surface area contributed by atoms with Crippen LogP contribution in [0.15, 0.2) is 10.6 Å². The zero-order valence-corrected chi connectivity index (χ0v) is 10.4. The van der Waals surface area contributed by atoms with E-state index in [2.05, 4.69) is 12.6 Å². The minimum Gasteiger partial charge on any atom is -0.380 e. The first-order valence-electron chi connectivity index (χ1n) is 4.98. The summed E-state index contributed by atoms with van der Waals surface area (Å²) >= 11 is 4.28. The smallest absolute Gasteiger partial charge is 0.261 e. The number of rotatable bonds is 2. The van der Waals surface area contributed by atoms with Gasteiger partial charge in [-0.2, -0.15) is 0 Å². The number of thiol groups is 1. The summed E-state index contributed by atoms with van der Waals surface area (Å²) in [5.41, 5.74) is 0.884. The van der Waals surface area contributed by atoms with Crippen LogP contribution in [0.25, 0.3) is 0 Å². The van der Waals surface area contributed by atoms with Gasteiger partial charge in [0.15, 0.2) is 0 Å². The Hall–Kier alpha value is -0.680. The fourth-order valence-corrected chi connectivity index (χ4v) is 1.62. The number of allylic oxidation sites excluding steroid dienone is 1. The van der Waals surface area contributed by atoms with Gasteiger partial charge in [0.2, 0.25) is 0 Å². The molecule has 4 nitrogen and oxygen atoms in total. The van der Waals surface area contributed by atoms with Crippen molar-refractivity contribution in [2.75, 3.05) is 40.4 Å². The summed E-state index contributed by atoms with van der Waals surface area (Å²) in [6.45, 7) is 4.44. The number of hydrogen-bond acceptors (Lipinski definition) is 4. The van der Waals surface area contributed by atoms with E-state index in [9.17, 15) is 4.79 Å². The van der Waals surface area contributed by atoms with Gasteiger partial charge in [-0.15, -0.1) is 12.6 Å². The number of amides is 1. The lowest BCUT2D eigenvalue weighted by Gasteiger charge is -2.28. The predicted octanol–water partition coefficient (Wildman–Crippen LogP) is 0.568. The van der Waals surface area contributed by atoms with Gasteiger partial charge in [0, 0.05) is 32.9 Å². The Morgan fingerprint density at radius 1 is 1.33 bits per heavy atom. The predicted molar refractivity (Wildman–Crippen MR) is 62.8 cm³/mol. The molecule has 0 bridgehead atoms. The van der Waals surface area contributed by atoms with Crippen LogP contribution in [0.5, 0.6) is 0 Å². The second kappa shape index (κ2) is 5.42. The molecule has 0 aromatic heterocycles. The molecule has 1 amide bonds. The maximum Gasteiger partial charge on any atom is 0.261 e. The van der Waals surface area contributed by atoms with Crippen molar-refractivity contribution in [1.82, 2.24) is 9.80 Å². The highest BCUT2D eigenvalue weighted by Gasteiger charge is 2.20. The normalized spacial score (nSPS) is 18.5. The van der Waals surface area contributed by atoms with E-state index < -0.39 is 0 Å². The van der Waals surface area contributed by atoms with Gasteiger partial charge < -0.3 is 14.5 Å². The maximum absolute atomic E-state index is 12.0. The molecule has 0 N–H and O–H groups in total. The highest BCUT2D eigenvalue weighted by Crippen LogP contribution is 2.14. The minimum absolute atomic E-state index is 0.00664. The Morgan fingerprint density at radius 3 is 2.33 bits per heavy atom. The van der Waals surface area contributed by atoms with Crippen LogP contribution in [0.4, 0.5) is 0 Å². The van der Waals surface area contributed by atoms with Gasteiger partial charge in [-0.3, -0.25) is 4.79 Å². The Labute approximate surface area is 96.3 Å². The molecular formula is C10H18N2O2S. The van der Waals surface area contributed by atoms with Crippen molar-refractivity contribution in [2.24, 2.45) is 0 Å². The van der Waals surface area contributed by atoms with Gasteiger partial charge in [-0.1, -0.05) is 0 Å². The van der Waals surface area contributed by atoms with Crippen molar-refractivity contribution in [3.8, 4) is 0 Å². The van der Waals surface area contributed by atoms with Crippen molar-refractivity contribution in [3.05, 3.63) is 10.6 Å². The number of hydrogen-bond donors (Lipinski definition) is 1. The summed E-state index contributed by atoms with van der Waals surface area (Å²) in [5, 5.41) is 0. The lowest BCUT2D eigenvalue weighted by atomic mass is 10.3. The summed E-state index contributed by atoms with van der Waals surface area (Å²) in [6.07, 6.45) is 0. The molecular weight excluding hydrogens is 212 g/mol. The molecule has 1 rings (SSSR count). The third-order valence-electron chi connectivity index (χ3n) is 2.51. The minimum atomic E-state index is -0.00664. The van der Waals surface area contributed by atoms with Crippen molar-refractivity contribution in [1.29, 1.82) is 0 Å². The van der Waals surface area contributed by atoms with Crippen molar-refractivity contribution in [3.63, 3.8) is 0 Å². The van der Waals surface area contributed by atoms with Crippen LogP contribution in [0, 0.1) is 0 Å². The number of morpholine rings is 1. The number of carbonyl (C=O) groups is 1. The lowest BCUT2D eigenvalue weighted by molar-refractivity contribution is -0.130. The third kappa shape index (κ3) is 3.14. The number of carbonyl (C=O) groups excluding carboxylic acids is 1. The molecule has 1 aliphatic heterocycles. The van der Waals surface area contributed by atoms with Gasteiger partial charge in [0.25, 0.3) is 5.91 Å². The highest BCUT2D eigenvalue weighted by atomic mass is 32.1. The first-order valence-corrected chi connectivity index (χ1v) is 5.43. The molecule has 1 saturated heterocycles. The van der Waals surface area contributed by atoms with Crippen molar-refractivity contribution in [2.45, 2.75) is 6.92 Å². The molecule has 86 valence electrons. The van der Waals surface area contributed by atoms with E-state index in [-0.39, 0.29) is 5.91 Å². The molecule has 0 radical (unpaired) electrons. The number of nitrogens with zero attached hydrogens (tertiary/aromatic N) is 2. The maximum atomic E-state index is 12.0. The first kappa shape index (κ1) is 12.4. The summed E-state index contributed by atoms with van der Waals surface area (Å²) in [7, 11) is 3.80. The van der Waals surface area contributed by atoms with Crippen LogP contribution < -0.4 is 0 Å². The van der Waals surface area contributed by atoms with Crippen LogP contribution >= 0.6 is 12.6 Å². The zero-order valence-electron chi connectivity index (χ0n) is 9.49. The van der Waals surface area contributed by atoms with Gasteiger partial charge >= 0.3 is 0 Å². The zero-order chi connectivity index (χ0) is 11.4. The SMILES string of the molecule is C/C(=C(/S)C(=O)N1CCOCC1)N(C)C. The van der Waals surface area contributed by atoms with E-state index in [1.54, 1.807) is 4.90 Å². The Bertz CT molecular complexity index is 271. The summed E-state index contributed by atoms with van der Waals surface area (Å²) in [6, 6.07) is 0. The Morgan fingerprint density at radius 2 is 1.87 bits per heavy atom. The Kier molecular flexibility index (Phi) is 4.47. The topological polar surface area (TPSA) is 32.8 Å². The van der Waals surface area contributed by atoms with E-state index in [1.807, 2.05) is 25.9 Å². The van der Waals surface area contributed by atoms with Gasteiger partial charge in [0.05, 0.1) is 18.1 Å². The van der Waals surface area contributed by atoms with Crippen LogP contribution in [0.3, 0.4) is 0 Å². The van der Waals surface area contributed by atoms with Crippen LogP contribution in [0.2, 0.25) is 0 Å². The number of ether oxygens (including phenoxy) is 1. The van der Waals surface area contributed by atoms with E-state index in [4.69, 9.17) is 4.74 Å². The molecule has 0 aromatic carbocycles. The van der Waals surface area contributed by atoms with Gasteiger partial charge in [-0.25, -0.2) is 0 Å². The first-order chi connectivity index (χ1) is 7.04. The van der Waals surface area contributed by atoms with E-state index in [0.29, 0.717) is 31.2 Å². The van der Waals surface area contributed by atoms with E-state index >= 15 is 0 Å². The standard InChI is InChI=1S/C10H18N2O2S/c1-8(11(2)3)9(15)10(13)12-4-6-14-7-5-12/h15H,4-7H2,1-3H3/b9-8-. The van der Waals surface area contributed by atoms with E-state index in [1.165, 1.54) is 0 Å². The van der Waals surface area contributed by atoms with E-state index in [0.717, 1.165) is 5.70 Å². The van der Waals surface area contributed by atoms with Crippen LogP contribution in [-0.4, -0.2) is 56.1 Å². The van der Waals surface area contributed by atoms with Gasteiger partial charge in [0.1, 0.15) is 0 Å². The van der Waals surface area contributed by atoms with Crippen molar-refractivity contribution >= 4 is 18.5 Å². The molecule has 0 saturated carbocycles. The average molecular weight is 230 g/mol. The second-order valence-electron chi connectivity index (χ2n) is 3.73. The highest BCUT2D eigenvalue weighted by molar-refractivity contribution is 7.85. The molecule has 0 atom stereocenters. The molecule has 0 spiro atoms. The summed E-state index contributed by atoms with van der Waals surface area (Å²) < 4.78 is 5.19. The third-order valence-corrected chi connectivity index (χ3v) is 3.03. The molecule has 0 unspecified atom stereocenters. The molecule has 5 heteroatoms. The lowest BCUT2D eigenvalue weighted by Crippen LogP contribution is -2.41. The second-order valence-corrected chi connectivity index (χ2v) is 4.18. The largest absolute Gasteiger partial charge is 0.380 e. The fourth-order valence-electron chi connectivity index (χ4n) is 1.28. The van der Waals surface area contributed by atoms with Crippen molar-refractivity contribution < 1.29 is 9.53 Å². The van der Waals surface area contributed by atoms with Crippen LogP contribution in [-0.2, 0) is 9.53 Å². The summed E-state index contributed by atoms with van der Waals surface area (Å²) in [4.78, 5) is 16.1. The quantitative estimate of drug-likeness (QED) is 0.556. The molecule has 15 heavy (non-hydrogen) atoms. The fraction of sp³-hybridized carbons (Fsp3) is 0.700. The molecule has 1 aliphatic rings.